The van der Waals surface area contributed by atoms with Crippen LogP contribution in [0.15, 0.2) is 46.9 Å². The van der Waals surface area contributed by atoms with Crippen LogP contribution >= 0.6 is 11.6 Å². The van der Waals surface area contributed by atoms with Crippen molar-refractivity contribution in [3.05, 3.63) is 70.2 Å². The molecule has 0 unspecified atom stereocenters. The number of aromatic nitrogens is 4. The molecule has 170 valence electrons. The number of ether oxygens (including phenoxy) is 1. The lowest BCUT2D eigenvalue weighted by Gasteiger charge is -2.08. The number of nitrogens with two attached hydrogens (primary N) is 1. The largest absolute Gasteiger partial charge is 0.494 e. The summed E-state index contributed by atoms with van der Waals surface area (Å²) in [6, 6.07) is 12.7. The normalized spacial score (nSPS) is 10.9. The molecular formula is C23H23ClN6O3. The highest BCUT2D eigenvalue weighted by molar-refractivity contribution is 6.31. The molecule has 0 aliphatic carbocycles. The molecule has 0 saturated heterocycles. The van der Waals surface area contributed by atoms with Gasteiger partial charge in [0.1, 0.15) is 17.2 Å². The highest BCUT2D eigenvalue weighted by atomic mass is 35.5. The van der Waals surface area contributed by atoms with Gasteiger partial charge in [0.15, 0.2) is 11.5 Å². The van der Waals surface area contributed by atoms with Crippen molar-refractivity contribution in [3.63, 3.8) is 0 Å². The van der Waals surface area contributed by atoms with Crippen LogP contribution in [0.5, 0.6) is 5.75 Å². The molecule has 0 radical (unpaired) electrons. The SMILES string of the molecule is CCOc1ccc(-c2nc(Cn3nnc(C(=O)Nc4cccc(Cl)c4C)c3N)c(C)o2)cc1. The second-order valence-electron chi connectivity index (χ2n) is 7.33. The summed E-state index contributed by atoms with van der Waals surface area (Å²) in [6.45, 7) is 6.35. The summed E-state index contributed by atoms with van der Waals surface area (Å²) < 4.78 is 12.7. The molecule has 2 aromatic carbocycles. The monoisotopic (exact) mass is 466 g/mol. The van der Waals surface area contributed by atoms with E-state index in [9.17, 15) is 4.79 Å². The minimum atomic E-state index is -0.476. The summed E-state index contributed by atoms with van der Waals surface area (Å²) in [5.41, 5.74) is 8.96. The Hall–Kier alpha value is -3.85. The van der Waals surface area contributed by atoms with Crippen LogP contribution in [0.3, 0.4) is 0 Å². The van der Waals surface area contributed by atoms with E-state index in [0.717, 1.165) is 16.9 Å². The lowest BCUT2D eigenvalue weighted by Crippen LogP contribution is -2.16. The number of amides is 1. The molecular weight excluding hydrogens is 444 g/mol. The van der Waals surface area contributed by atoms with Gasteiger partial charge in [0.05, 0.1) is 13.2 Å². The molecule has 0 aliphatic rings. The second kappa shape index (κ2) is 9.33. The zero-order valence-electron chi connectivity index (χ0n) is 18.4. The summed E-state index contributed by atoms with van der Waals surface area (Å²) in [4.78, 5) is 17.3. The summed E-state index contributed by atoms with van der Waals surface area (Å²) in [6.07, 6.45) is 0. The van der Waals surface area contributed by atoms with Crippen LogP contribution < -0.4 is 15.8 Å². The lowest BCUT2D eigenvalue weighted by atomic mass is 10.2. The molecule has 0 bridgehead atoms. The van der Waals surface area contributed by atoms with Gasteiger partial charge >= 0.3 is 0 Å². The average Bonchev–Trinajstić information content (AvgIpc) is 3.35. The van der Waals surface area contributed by atoms with Gasteiger partial charge < -0.3 is 20.2 Å². The number of rotatable bonds is 7. The number of halogens is 1. The highest BCUT2D eigenvalue weighted by Gasteiger charge is 2.21. The Morgan fingerprint density at radius 2 is 1.97 bits per heavy atom. The molecule has 10 heteroatoms. The van der Waals surface area contributed by atoms with E-state index in [2.05, 4.69) is 20.6 Å². The molecule has 0 aliphatic heterocycles. The average molecular weight is 467 g/mol. The zero-order chi connectivity index (χ0) is 23.5. The fourth-order valence-electron chi connectivity index (χ4n) is 3.22. The molecule has 2 heterocycles. The summed E-state index contributed by atoms with van der Waals surface area (Å²) >= 11 is 6.12. The van der Waals surface area contributed by atoms with Crippen LogP contribution in [0, 0.1) is 13.8 Å². The van der Waals surface area contributed by atoms with Crippen molar-refractivity contribution in [2.24, 2.45) is 0 Å². The van der Waals surface area contributed by atoms with Gasteiger partial charge in [-0.1, -0.05) is 22.9 Å². The molecule has 9 nitrogen and oxygen atoms in total. The van der Waals surface area contributed by atoms with Crippen LogP contribution in [0.2, 0.25) is 5.02 Å². The van der Waals surface area contributed by atoms with Crippen molar-refractivity contribution in [2.45, 2.75) is 27.3 Å². The topological polar surface area (TPSA) is 121 Å². The van der Waals surface area contributed by atoms with E-state index in [-0.39, 0.29) is 18.1 Å². The van der Waals surface area contributed by atoms with E-state index >= 15 is 0 Å². The number of carbonyl (C=O) groups excluding carboxylic acids is 1. The Morgan fingerprint density at radius 3 is 2.70 bits per heavy atom. The van der Waals surface area contributed by atoms with Gasteiger partial charge in [-0.05, 0) is 62.7 Å². The maximum absolute atomic E-state index is 12.7. The maximum Gasteiger partial charge on any atom is 0.280 e. The molecule has 0 fully saturated rings. The van der Waals surface area contributed by atoms with E-state index in [1.165, 1.54) is 4.68 Å². The molecule has 0 atom stereocenters. The number of aryl methyl sites for hydroxylation is 1. The van der Waals surface area contributed by atoms with Gasteiger partial charge in [0.2, 0.25) is 5.89 Å². The smallest absolute Gasteiger partial charge is 0.280 e. The number of carbonyl (C=O) groups is 1. The van der Waals surface area contributed by atoms with E-state index < -0.39 is 5.91 Å². The van der Waals surface area contributed by atoms with Crippen LogP contribution in [0.1, 0.15) is 34.4 Å². The van der Waals surface area contributed by atoms with E-state index in [1.807, 2.05) is 45.0 Å². The summed E-state index contributed by atoms with van der Waals surface area (Å²) in [5, 5.41) is 11.3. The van der Waals surface area contributed by atoms with Gasteiger partial charge in [0, 0.05) is 16.3 Å². The summed E-state index contributed by atoms with van der Waals surface area (Å²) in [7, 11) is 0. The minimum Gasteiger partial charge on any atom is -0.494 e. The van der Waals surface area contributed by atoms with Crippen molar-refractivity contribution in [1.29, 1.82) is 0 Å². The molecule has 33 heavy (non-hydrogen) atoms. The van der Waals surface area contributed by atoms with Crippen molar-refractivity contribution >= 4 is 29.0 Å². The van der Waals surface area contributed by atoms with Gasteiger partial charge in [-0.15, -0.1) is 5.10 Å². The molecule has 0 spiro atoms. The predicted molar refractivity (Wildman–Crippen MR) is 126 cm³/mol. The number of anilines is 2. The van der Waals surface area contributed by atoms with Gasteiger partial charge in [-0.2, -0.15) is 0 Å². The highest BCUT2D eigenvalue weighted by Crippen LogP contribution is 2.26. The third-order valence-corrected chi connectivity index (χ3v) is 5.52. The third-order valence-electron chi connectivity index (χ3n) is 5.11. The second-order valence-corrected chi connectivity index (χ2v) is 7.73. The van der Waals surface area contributed by atoms with E-state index in [4.69, 9.17) is 26.5 Å². The van der Waals surface area contributed by atoms with Gasteiger partial charge in [0.25, 0.3) is 5.91 Å². The number of nitrogens with one attached hydrogen (secondary N) is 1. The Labute approximate surface area is 195 Å². The van der Waals surface area contributed by atoms with Crippen LogP contribution in [-0.2, 0) is 6.54 Å². The van der Waals surface area contributed by atoms with Crippen molar-refractivity contribution in [1.82, 2.24) is 20.0 Å². The zero-order valence-corrected chi connectivity index (χ0v) is 19.2. The van der Waals surface area contributed by atoms with Crippen molar-refractivity contribution in [3.8, 4) is 17.2 Å². The molecule has 4 aromatic rings. The number of nitrogen functional groups attached to an aromatic ring is 1. The number of hydrogen-bond acceptors (Lipinski definition) is 7. The molecule has 4 rings (SSSR count). The summed E-state index contributed by atoms with van der Waals surface area (Å²) in [5.74, 6) is 1.51. The van der Waals surface area contributed by atoms with Crippen LogP contribution in [0.25, 0.3) is 11.5 Å². The van der Waals surface area contributed by atoms with Crippen molar-refractivity contribution < 1.29 is 13.9 Å². The van der Waals surface area contributed by atoms with Crippen molar-refractivity contribution in [2.75, 3.05) is 17.7 Å². The maximum atomic E-state index is 12.7. The van der Waals surface area contributed by atoms with Crippen LogP contribution in [0.4, 0.5) is 11.5 Å². The van der Waals surface area contributed by atoms with E-state index in [0.29, 0.717) is 34.7 Å². The van der Waals surface area contributed by atoms with Gasteiger partial charge in [-0.25, -0.2) is 9.67 Å². The molecule has 0 saturated carbocycles. The number of benzene rings is 2. The lowest BCUT2D eigenvalue weighted by molar-refractivity contribution is 0.102. The quantitative estimate of drug-likeness (QED) is 0.411. The number of oxazole rings is 1. The Bertz CT molecular complexity index is 1300. The van der Waals surface area contributed by atoms with E-state index in [1.54, 1.807) is 18.2 Å². The third kappa shape index (κ3) is 4.68. The first-order chi connectivity index (χ1) is 15.9. The number of nitrogens with zero attached hydrogens (tertiary/aromatic N) is 4. The predicted octanol–water partition coefficient (Wildman–Crippen LogP) is 4.48. The first-order valence-electron chi connectivity index (χ1n) is 10.3. The van der Waals surface area contributed by atoms with Crippen LogP contribution in [-0.4, -0.2) is 32.5 Å². The first-order valence-corrected chi connectivity index (χ1v) is 10.7. The number of hydrogen-bond donors (Lipinski definition) is 2. The first kappa shape index (κ1) is 22.3. The minimum absolute atomic E-state index is 0.0160. The Balaban J connectivity index is 1.51. The Morgan fingerprint density at radius 1 is 1.21 bits per heavy atom. The standard InChI is InChI=1S/C23H23ClN6O3/c1-4-32-16-10-8-15(9-11-16)23-27-19(14(3)33-23)12-30-21(25)20(28-29-30)22(31)26-18-7-5-6-17(24)13(18)2/h5-11H,4,12,25H2,1-3H3,(H,26,31). The molecule has 2 aromatic heterocycles. The Kier molecular flexibility index (Phi) is 6.32. The fraction of sp³-hybridized carbons (Fsp3) is 0.217. The molecule has 1 amide bonds. The van der Waals surface area contributed by atoms with Gasteiger partial charge in [-0.3, -0.25) is 4.79 Å². The fourth-order valence-corrected chi connectivity index (χ4v) is 3.40. The molecule has 3 N–H and O–H groups in total.